The molecule has 1 aliphatic rings. The smallest absolute Gasteiger partial charge is 0.135 e. The molecule has 1 N–H and O–H groups in total. The molecular formula is C14H22ClN3O. The van der Waals surface area contributed by atoms with Gasteiger partial charge in [-0.15, -0.1) is 0 Å². The molecule has 0 aromatic carbocycles. The lowest BCUT2D eigenvalue weighted by molar-refractivity contribution is 0.0558. The quantitative estimate of drug-likeness (QED) is 0.863. The van der Waals surface area contributed by atoms with E-state index in [1.807, 2.05) is 25.8 Å². The van der Waals surface area contributed by atoms with E-state index >= 15 is 0 Å². The van der Waals surface area contributed by atoms with Crippen molar-refractivity contribution >= 4 is 17.4 Å². The van der Waals surface area contributed by atoms with E-state index in [-0.39, 0.29) is 5.92 Å². The second-order valence-electron chi connectivity index (χ2n) is 5.85. The molecule has 0 spiro atoms. The van der Waals surface area contributed by atoms with Gasteiger partial charge in [-0.3, -0.25) is 0 Å². The first-order valence-corrected chi connectivity index (χ1v) is 7.25. The number of halogens is 1. The number of likely N-dealkylation sites (N-methyl/N-ethyl adjacent to an activating group) is 1. The van der Waals surface area contributed by atoms with Crippen molar-refractivity contribution < 1.29 is 5.11 Å². The van der Waals surface area contributed by atoms with Crippen molar-refractivity contribution in [1.82, 2.24) is 9.97 Å². The van der Waals surface area contributed by atoms with Crippen molar-refractivity contribution in [1.29, 1.82) is 0 Å². The number of aromatic nitrogens is 2. The Morgan fingerprint density at radius 3 is 2.58 bits per heavy atom. The van der Waals surface area contributed by atoms with Crippen LogP contribution < -0.4 is 4.90 Å². The maximum Gasteiger partial charge on any atom is 0.135 e. The summed E-state index contributed by atoms with van der Waals surface area (Å²) in [5, 5.41) is 10.9. The molecular weight excluding hydrogens is 262 g/mol. The lowest BCUT2D eigenvalue weighted by atomic mass is 10.0. The van der Waals surface area contributed by atoms with Crippen LogP contribution in [0.2, 0.25) is 5.15 Å². The summed E-state index contributed by atoms with van der Waals surface area (Å²) in [5.41, 5.74) is -0.579. The Morgan fingerprint density at radius 1 is 1.37 bits per heavy atom. The predicted molar refractivity (Wildman–Crippen MR) is 77.8 cm³/mol. The first-order valence-electron chi connectivity index (χ1n) is 6.88. The van der Waals surface area contributed by atoms with Gasteiger partial charge in [0.05, 0.1) is 5.60 Å². The fourth-order valence-electron chi connectivity index (χ4n) is 2.59. The summed E-state index contributed by atoms with van der Waals surface area (Å²) < 4.78 is 0. The second-order valence-corrected chi connectivity index (χ2v) is 6.24. The van der Waals surface area contributed by atoms with Gasteiger partial charge in [0, 0.05) is 25.6 Å². The number of hydrogen-bond acceptors (Lipinski definition) is 4. The van der Waals surface area contributed by atoms with E-state index in [2.05, 4.69) is 9.97 Å². The summed E-state index contributed by atoms with van der Waals surface area (Å²) in [7, 11) is 1.94. The van der Waals surface area contributed by atoms with Crippen LogP contribution in [-0.2, 0) is 0 Å². The molecule has 4 nitrogen and oxygen atoms in total. The van der Waals surface area contributed by atoms with Gasteiger partial charge in [-0.2, -0.15) is 0 Å². The Kier molecular flexibility index (Phi) is 4.31. The third kappa shape index (κ3) is 3.57. The van der Waals surface area contributed by atoms with Gasteiger partial charge in [-0.1, -0.05) is 38.3 Å². The van der Waals surface area contributed by atoms with Crippen LogP contribution in [0.3, 0.4) is 0 Å². The van der Waals surface area contributed by atoms with E-state index < -0.39 is 5.60 Å². The first kappa shape index (κ1) is 14.5. The summed E-state index contributed by atoms with van der Waals surface area (Å²) in [6, 6.07) is 1.76. The van der Waals surface area contributed by atoms with E-state index in [1.165, 1.54) is 0 Å². The molecule has 0 aliphatic heterocycles. The monoisotopic (exact) mass is 283 g/mol. The third-order valence-electron chi connectivity index (χ3n) is 3.67. The fourth-order valence-corrected chi connectivity index (χ4v) is 2.77. The molecule has 1 aliphatic carbocycles. The molecule has 0 unspecified atom stereocenters. The zero-order chi connectivity index (χ0) is 14.0. The lowest BCUT2D eigenvalue weighted by Crippen LogP contribution is -2.39. The van der Waals surface area contributed by atoms with Crippen LogP contribution >= 0.6 is 11.6 Å². The Hall–Kier alpha value is -0.870. The molecule has 0 radical (unpaired) electrons. The molecule has 1 aromatic rings. The molecule has 1 heterocycles. The van der Waals surface area contributed by atoms with Crippen molar-refractivity contribution in [2.75, 3.05) is 18.5 Å². The maximum atomic E-state index is 10.5. The molecule has 1 fully saturated rings. The number of anilines is 1. The number of hydrogen-bond donors (Lipinski definition) is 1. The molecule has 19 heavy (non-hydrogen) atoms. The number of aliphatic hydroxyl groups is 1. The largest absolute Gasteiger partial charge is 0.388 e. The van der Waals surface area contributed by atoms with E-state index in [0.717, 1.165) is 37.3 Å². The molecule has 0 bridgehead atoms. The highest BCUT2D eigenvalue weighted by molar-refractivity contribution is 6.29. The molecule has 1 aromatic heterocycles. The van der Waals surface area contributed by atoms with Crippen molar-refractivity contribution in [2.24, 2.45) is 0 Å². The van der Waals surface area contributed by atoms with Crippen LogP contribution in [0.5, 0.6) is 0 Å². The predicted octanol–water partition coefficient (Wildman–Crippen LogP) is 2.99. The lowest BCUT2D eigenvalue weighted by Gasteiger charge is -2.29. The minimum absolute atomic E-state index is 0.236. The first-order chi connectivity index (χ1) is 8.89. The van der Waals surface area contributed by atoms with Crippen LogP contribution in [0.4, 0.5) is 5.82 Å². The minimum Gasteiger partial charge on any atom is -0.388 e. The Bertz CT molecular complexity index is 444. The van der Waals surface area contributed by atoms with Crippen LogP contribution in [-0.4, -0.2) is 34.3 Å². The Balaban J connectivity index is 2.16. The van der Waals surface area contributed by atoms with Crippen molar-refractivity contribution in [3.63, 3.8) is 0 Å². The average Bonchev–Trinajstić information content (AvgIpc) is 2.74. The van der Waals surface area contributed by atoms with Crippen LogP contribution in [0, 0.1) is 0 Å². The maximum absolute atomic E-state index is 10.5. The Labute approximate surface area is 119 Å². The highest BCUT2D eigenvalue weighted by Crippen LogP contribution is 2.31. The average molecular weight is 284 g/mol. The molecule has 5 heteroatoms. The van der Waals surface area contributed by atoms with Crippen LogP contribution in [0.1, 0.15) is 51.3 Å². The van der Waals surface area contributed by atoms with E-state index in [4.69, 9.17) is 11.6 Å². The number of rotatable bonds is 4. The zero-order valence-electron chi connectivity index (χ0n) is 11.9. The van der Waals surface area contributed by atoms with Crippen LogP contribution in [0.15, 0.2) is 6.07 Å². The normalized spacial score (nSPS) is 18.0. The topological polar surface area (TPSA) is 49.2 Å². The standard InChI is InChI=1S/C14H22ClN3O/c1-10(2)13-16-11(15)8-12(17-13)18(3)9-14(19)6-4-5-7-14/h8,10,19H,4-7,9H2,1-3H3. The van der Waals surface area contributed by atoms with Gasteiger partial charge >= 0.3 is 0 Å². The second kappa shape index (κ2) is 5.63. The van der Waals surface area contributed by atoms with Crippen molar-refractivity contribution in [3.8, 4) is 0 Å². The zero-order valence-corrected chi connectivity index (χ0v) is 12.6. The highest BCUT2D eigenvalue weighted by Gasteiger charge is 2.32. The van der Waals surface area contributed by atoms with Gasteiger partial charge in [0.2, 0.25) is 0 Å². The summed E-state index contributed by atoms with van der Waals surface area (Å²) in [6.45, 7) is 4.68. The van der Waals surface area contributed by atoms with Gasteiger partial charge in [-0.25, -0.2) is 9.97 Å². The highest BCUT2D eigenvalue weighted by atomic mass is 35.5. The summed E-state index contributed by atoms with van der Waals surface area (Å²) >= 11 is 6.05. The summed E-state index contributed by atoms with van der Waals surface area (Å²) in [5.74, 6) is 1.76. The number of nitrogens with zero attached hydrogens (tertiary/aromatic N) is 3. The molecule has 0 atom stereocenters. The van der Waals surface area contributed by atoms with Gasteiger partial charge in [0.25, 0.3) is 0 Å². The van der Waals surface area contributed by atoms with Crippen LogP contribution in [0.25, 0.3) is 0 Å². The SMILES string of the molecule is CC(C)c1nc(Cl)cc(N(C)CC2(O)CCCC2)n1. The van der Waals surface area contributed by atoms with Crippen molar-refractivity contribution in [3.05, 3.63) is 17.0 Å². The van der Waals surface area contributed by atoms with E-state index in [9.17, 15) is 5.11 Å². The van der Waals surface area contributed by atoms with Gasteiger partial charge in [-0.05, 0) is 12.8 Å². The third-order valence-corrected chi connectivity index (χ3v) is 3.87. The van der Waals surface area contributed by atoms with Crippen molar-refractivity contribution in [2.45, 2.75) is 51.0 Å². The molecule has 0 saturated heterocycles. The molecule has 106 valence electrons. The van der Waals surface area contributed by atoms with E-state index in [1.54, 1.807) is 6.07 Å². The van der Waals surface area contributed by atoms with Gasteiger partial charge < -0.3 is 10.0 Å². The van der Waals surface area contributed by atoms with Gasteiger partial charge in [0.1, 0.15) is 16.8 Å². The summed E-state index contributed by atoms with van der Waals surface area (Å²) in [4.78, 5) is 10.7. The van der Waals surface area contributed by atoms with E-state index in [0.29, 0.717) is 11.7 Å². The molecule has 0 amide bonds. The summed E-state index contributed by atoms with van der Waals surface area (Å²) in [6.07, 6.45) is 3.94. The Morgan fingerprint density at radius 2 is 2.00 bits per heavy atom. The fraction of sp³-hybridized carbons (Fsp3) is 0.714. The molecule has 2 rings (SSSR count). The van der Waals surface area contributed by atoms with Gasteiger partial charge in [0.15, 0.2) is 0 Å². The molecule has 1 saturated carbocycles. The minimum atomic E-state index is -0.579.